The van der Waals surface area contributed by atoms with Gasteiger partial charge < -0.3 is 89.7 Å². The Morgan fingerprint density at radius 2 is 1.47 bits per heavy atom. The molecule has 24 atom stereocenters. The molecule has 382 valence electrons. The highest BCUT2D eigenvalue weighted by Gasteiger charge is 2.69. The quantitative estimate of drug-likeness (QED) is 0.0551. The molecule has 0 aromatic rings. The van der Waals surface area contributed by atoms with Crippen molar-refractivity contribution in [2.24, 2.45) is 29.6 Å². The summed E-state index contributed by atoms with van der Waals surface area (Å²) in [7, 11) is 0. The highest BCUT2D eigenvalue weighted by Crippen LogP contribution is 2.71. The minimum Gasteiger partial charge on any atom is -0.394 e. The van der Waals surface area contributed by atoms with Crippen LogP contribution in [-0.4, -0.2) is 206 Å². The Morgan fingerprint density at radius 1 is 0.803 bits per heavy atom. The van der Waals surface area contributed by atoms with E-state index in [1.54, 1.807) is 0 Å². The molecular weight excluding hydrogens is 939 g/mol. The first-order valence-corrected chi connectivity index (χ1v) is 24.4. The number of alkyl halides is 2. The number of rotatable bonds is 14. The van der Waals surface area contributed by atoms with Crippen LogP contribution in [0.4, 0.5) is 8.78 Å². The van der Waals surface area contributed by atoms with E-state index in [2.05, 4.69) is 0 Å². The van der Waals surface area contributed by atoms with Crippen LogP contribution in [0.2, 0.25) is 0 Å². The average molecular weight is 1010 g/mol. The van der Waals surface area contributed by atoms with Crippen molar-refractivity contribution in [1.29, 1.82) is 0 Å². The highest BCUT2D eigenvalue weighted by molar-refractivity contribution is 7.86. The third kappa shape index (κ3) is 9.66. The van der Waals surface area contributed by atoms with E-state index in [1.807, 2.05) is 6.92 Å². The van der Waals surface area contributed by atoms with Crippen molar-refractivity contribution in [1.82, 2.24) is 0 Å². The highest BCUT2D eigenvalue weighted by atomic mass is 32.1. The molecule has 4 saturated carbocycles. The lowest BCUT2D eigenvalue weighted by Crippen LogP contribution is -2.69. The van der Waals surface area contributed by atoms with Gasteiger partial charge in [0.1, 0.15) is 66.6 Å². The van der Waals surface area contributed by atoms with Gasteiger partial charge in [0.15, 0.2) is 18.9 Å². The van der Waals surface area contributed by atoms with Crippen molar-refractivity contribution >= 4 is 37.9 Å². The molecular formula is C43H70F2O18S3. The second kappa shape index (κ2) is 20.4. The molecule has 3 saturated heterocycles. The zero-order valence-electron chi connectivity index (χ0n) is 36.9. The van der Waals surface area contributed by atoms with Crippen LogP contribution in [0.25, 0.3) is 0 Å². The lowest BCUT2D eigenvalue weighted by molar-refractivity contribution is -0.375. The Labute approximate surface area is 398 Å². The number of fused-ring (bicyclic) bond motifs is 5. The van der Waals surface area contributed by atoms with Gasteiger partial charge in [0.25, 0.3) is 0 Å². The van der Waals surface area contributed by atoms with Crippen LogP contribution in [0, 0.1) is 29.6 Å². The van der Waals surface area contributed by atoms with Crippen molar-refractivity contribution < 1.29 is 98.5 Å². The second-order valence-corrected chi connectivity index (χ2v) is 22.6. The summed E-state index contributed by atoms with van der Waals surface area (Å²) in [5.74, 6) is -0.492. The van der Waals surface area contributed by atoms with E-state index in [9.17, 15) is 65.0 Å². The fourth-order valence-corrected chi connectivity index (χ4v) is 15.1. The molecule has 0 spiro atoms. The molecule has 5 unspecified atom stereocenters. The molecule has 4 aliphatic carbocycles. The largest absolute Gasteiger partial charge is 0.394 e. The lowest BCUT2D eigenvalue weighted by Gasteiger charge is -2.66. The van der Waals surface area contributed by atoms with Gasteiger partial charge in [-0.1, -0.05) is 13.0 Å². The third-order valence-corrected chi connectivity index (χ3v) is 19.4. The SMILES string of the molecule is C[C@H]1[C@@H](O[C@@H]2O[C@H](COC3OC(CO)[C@@H](O)[C@H](O)[C@H]3O)[C@@H](O)[C@H](O)[C@H]2OC2C[C@@H](O)[C@H](O)[C@@](C)(CO)O2)CC[C@]2(S)C3CC[C@@H]4[C@@H](/C(=C/CC(O)C(O)(F)F)CO)CC[C@@]4(S)[C@]3(S)CC[C@@H]12. The molecule has 0 aromatic heterocycles. The Hall–Kier alpha value is -0.0700. The number of aliphatic hydroxyl groups is 12. The van der Waals surface area contributed by atoms with Crippen LogP contribution in [-0.2, 0) is 28.4 Å². The molecule has 0 aromatic carbocycles. The predicted octanol–water partition coefficient (Wildman–Crippen LogP) is -1.22. The van der Waals surface area contributed by atoms with Gasteiger partial charge >= 0.3 is 6.11 Å². The number of aliphatic hydroxyl groups excluding tert-OH is 11. The van der Waals surface area contributed by atoms with E-state index in [1.165, 1.54) is 13.0 Å². The molecule has 0 amide bonds. The number of thiol groups is 3. The summed E-state index contributed by atoms with van der Waals surface area (Å²) in [6.07, 6.45) is -21.4. The summed E-state index contributed by atoms with van der Waals surface area (Å²) in [5, 5.41) is 124. The summed E-state index contributed by atoms with van der Waals surface area (Å²) in [6.45, 7) is 1.09. The summed E-state index contributed by atoms with van der Waals surface area (Å²) in [5.41, 5.74) is -1.13. The zero-order chi connectivity index (χ0) is 48.5. The van der Waals surface area contributed by atoms with Crippen LogP contribution < -0.4 is 0 Å². The topological polar surface area (TPSA) is 298 Å². The van der Waals surface area contributed by atoms with E-state index in [-0.39, 0.29) is 36.0 Å². The second-order valence-electron chi connectivity index (χ2n) is 20.1. The lowest BCUT2D eigenvalue weighted by atomic mass is 9.50. The molecule has 0 bridgehead atoms. The molecule has 23 heteroatoms. The Morgan fingerprint density at radius 3 is 2.12 bits per heavy atom. The molecule has 66 heavy (non-hydrogen) atoms. The molecule has 7 rings (SSSR count). The Kier molecular flexibility index (Phi) is 16.6. The first-order valence-electron chi connectivity index (χ1n) is 23.0. The maximum Gasteiger partial charge on any atom is 0.379 e. The summed E-state index contributed by atoms with van der Waals surface area (Å²) < 4.78 is 61.3. The first-order chi connectivity index (χ1) is 30.9. The van der Waals surface area contributed by atoms with E-state index < -0.39 is 151 Å². The van der Waals surface area contributed by atoms with Crippen LogP contribution in [0.1, 0.15) is 78.1 Å². The Bertz CT molecular complexity index is 1690. The van der Waals surface area contributed by atoms with Gasteiger partial charge in [-0.25, -0.2) is 0 Å². The monoisotopic (exact) mass is 1010 g/mol. The van der Waals surface area contributed by atoms with Gasteiger partial charge in [0, 0.05) is 27.1 Å². The Balaban J connectivity index is 1.09. The smallest absolute Gasteiger partial charge is 0.379 e. The van der Waals surface area contributed by atoms with Crippen LogP contribution >= 0.6 is 37.9 Å². The predicted molar refractivity (Wildman–Crippen MR) is 235 cm³/mol. The van der Waals surface area contributed by atoms with Crippen molar-refractivity contribution in [3.8, 4) is 0 Å². The van der Waals surface area contributed by atoms with Crippen molar-refractivity contribution in [3.63, 3.8) is 0 Å². The minimum atomic E-state index is -4.28. The van der Waals surface area contributed by atoms with Gasteiger partial charge in [-0.3, -0.25) is 0 Å². The fourth-order valence-electron chi connectivity index (χ4n) is 12.6. The molecule has 3 heterocycles. The molecule has 0 radical (unpaired) electrons. The summed E-state index contributed by atoms with van der Waals surface area (Å²) >= 11 is 16.5. The van der Waals surface area contributed by atoms with Gasteiger partial charge in [0.2, 0.25) is 0 Å². The summed E-state index contributed by atoms with van der Waals surface area (Å²) in [6, 6.07) is 0. The van der Waals surface area contributed by atoms with E-state index in [0.717, 1.165) is 6.42 Å². The van der Waals surface area contributed by atoms with Crippen LogP contribution in [0.15, 0.2) is 11.6 Å². The standard InChI is InChI=1S/C43H70F2O18S3/c1-18-21-8-12-42(66)27(5-4-22-20(7-11-41(22,42)65)19(14-46)3-6-28(50)43(44,45)57)40(21,64)10-9-24(18)59-38-35(62-29-13-23(49)36(56)39(2,17-48)63-29)33(54)31(52)26(61-38)16-58-37-34(55)32(53)30(51)25(15-47)60-37/h3,18,20-38,46-57,64-66H,4-17H2,1-2H3/b19-3+/t18-,20-,21+,22-,23-,24+,25?,26-,27?,28?,29?,30-,31-,32+,33+,34-,35-,36+,37?,38-,39-,40-,41+,42+/m1/s1. The minimum absolute atomic E-state index is 0.0301. The number of hydrogen-bond acceptors (Lipinski definition) is 21. The summed E-state index contributed by atoms with van der Waals surface area (Å²) in [4.78, 5) is 0. The van der Waals surface area contributed by atoms with E-state index in [0.29, 0.717) is 50.5 Å². The molecule has 7 fully saturated rings. The average Bonchev–Trinajstić information content (AvgIpc) is 3.62. The van der Waals surface area contributed by atoms with Gasteiger partial charge in [0.05, 0.1) is 38.6 Å². The van der Waals surface area contributed by atoms with Crippen LogP contribution in [0.5, 0.6) is 0 Å². The molecule has 12 N–H and O–H groups in total. The maximum absolute atomic E-state index is 13.4. The number of ether oxygens (including phenoxy) is 6. The number of halogens is 2. The maximum atomic E-state index is 13.4. The first kappa shape index (κ1) is 53.7. The number of hydrogen-bond donors (Lipinski definition) is 15. The molecule has 18 nitrogen and oxygen atoms in total. The fraction of sp³-hybridized carbons (Fsp3) is 0.953. The normalized spacial score (nSPS) is 51.7. The van der Waals surface area contributed by atoms with Crippen molar-refractivity contribution in [2.45, 2.75) is 196 Å². The van der Waals surface area contributed by atoms with Gasteiger partial charge in [-0.05, 0) is 93.5 Å². The zero-order valence-corrected chi connectivity index (χ0v) is 39.6. The molecule has 7 aliphatic rings. The van der Waals surface area contributed by atoms with Gasteiger partial charge in [-0.2, -0.15) is 46.7 Å². The van der Waals surface area contributed by atoms with Crippen molar-refractivity contribution in [2.75, 3.05) is 26.4 Å². The van der Waals surface area contributed by atoms with E-state index >= 15 is 0 Å². The van der Waals surface area contributed by atoms with Gasteiger partial charge in [-0.15, -0.1) is 0 Å². The van der Waals surface area contributed by atoms with Crippen molar-refractivity contribution in [3.05, 3.63) is 11.6 Å². The van der Waals surface area contributed by atoms with Crippen LogP contribution in [0.3, 0.4) is 0 Å². The third-order valence-electron chi connectivity index (χ3n) is 16.5. The van der Waals surface area contributed by atoms with E-state index in [4.69, 9.17) is 71.4 Å². The molecule has 3 aliphatic heterocycles.